The smallest absolute Gasteiger partial charge is 0.251 e. The topological polar surface area (TPSA) is 102 Å². The van der Waals surface area contributed by atoms with Gasteiger partial charge >= 0.3 is 0 Å². The average molecular weight is 330 g/mol. The van der Waals surface area contributed by atoms with Crippen molar-refractivity contribution in [2.75, 3.05) is 19.0 Å². The van der Waals surface area contributed by atoms with Crippen molar-refractivity contribution in [1.29, 1.82) is 0 Å². The second-order valence-corrected chi connectivity index (χ2v) is 5.35. The van der Waals surface area contributed by atoms with Gasteiger partial charge in [0.05, 0.1) is 16.8 Å². The molecule has 0 radical (unpaired) electrons. The van der Waals surface area contributed by atoms with Gasteiger partial charge < -0.3 is 19.3 Å². The lowest BCUT2D eigenvalue weighted by Gasteiger charge is -2.06. The van der Waals surface area contributed by atoms with Crippen LogP contribution in [0.25, 0.3) is 10.9 Å². The molecule has 3 aromatic rings. The maximum atomic E-state index is 11.7. The van der Waals surface area contributed by atoms with Gasteiger partial charge in [-0.15, -0.1) is 0 Å². The predicted octanol–water partition coefficient (Wildman–Crippen LogP) is 2.33. The molecule has 0 spiro atoms. The Morgan fingerprint density at radius 3 is 2.92 bits per heavy atom. The third-order valence-electron chi connectivity index (χ3n) is 3.63. The average Bonchev–Trinajstić information content (AvgIpc) is 3.09. The molecular formula is C16H18N4O4. The molecule has 1 aromatic carbocycles. The predicted molar refractivity (Wildman–Crippen MR) is 86.9 cm³/mol. The number of carbonyl (C=O) groups is 1. The maximum Gasteiger partial charge on any atom is 0.251 e. The van der Waals surface area contributed by atoms with Crippen LogP contribution in [0.5, 0.6) is 5.75 Å². The highest BCUT2D eigenvalue weighted by atomic mass is 16.5. The lowest BCUT2D eigenvalue weighted by molar-refractivity contribution is -0.119. The Morgan fingerprint density at radius 2 is 2.21 bits per heavy atom. The number of aromatic nitrogens is 3. The Bertz CT molecular complexity index is 849. The van der Waals surface area contributed by atoms with E-state index in [1.165, 1.54) is 7.11 Å². The molecule has 0 aliphatic rings. The van der Waals surface area contributed by atoms with Gasteiger partial charge in [0.2, 0.25) is 0 Å². The molecule has 126 valence electrons. The summed E-state index contributed by atoms with van der Waals surface area (Å²) in [6.07, 6.45) is 0. The Balaban J connectivity index is 1.78. The summed E-state index contributed by atoms with van der Waals surface area (Å²) < 4.78 is 15.7. The number of anilines is 1. The largest absolute Gasteiger partial charge is 0.489 e. The van der Waals surface area contributed by atoms with E-state index in [2.05, 4.69) is 20.7 Å². The number of nitrogens with zero attached hydrogens (tertiary/aromatic N) is 2. The van der Waals surface area contributed by atoms with E-state index in [0.29, 0.717) is 18.2 Å². The van der Waals surface area contributed by atoms with E-state index < -0.39 is 0 Å². The molecule has 0 unspecified atom stereocenters. The summed E-state index contributed by atoms with van der Waals surface area (Å²) in [6, 6.07) is 5.50. The third kappa shape index (κ3) is 3.23. The van der Waals surface area contributed by atoms with E-state index in [0.717, 1.165) is 27.9 Å². The highest BCUT2D eigenvalue weighted by molar-refractivity contribution is 6.00. The molecule has 2 N–H and O–H groups in total. The Morgan fingerprint density at radius 1 is 1.38 bits per heavy atom. The number of rotatable bonds is 6. The van der Waals surface area contributed by atoms with Gasteiger partial charge in [0, 0.05) is 12.5 Å². The van der Waals surface area contributed by atoms with Crippen LogP contribution in [0.4, 0.5) is 5.82 Å². The van der Waals surface area contributed by atoms with E-state index in [-0.39, 0.29) is 12.5 Å². The minimum absolute atomic E-state index is 0.0312. The normalized spacial score (nSPS) is 11.0. The molecule has 2 heterocycles. The first-order chi connectivity index (χ1) is 11.6. The number of ether oxygens (including phenoxy) is 2. The summed E-state index contributed by atoms with van der Waals surface area (Å²) >= 11 is 0. The Kier molecular flexibility index (Phi) is 4.48. The third-order valence-corrected chi connectivity index (χ3v) is 3.63. The molecule has 0 bridgehead atoms. The molecule has 0 fully saturated rings. The van der Waals surface area contributed by atoms with Gasteiger partial charge in [-0.05, 0) is 32.0 Å². The number of methoxy groups -OCH3 is 1. The van der Waals surface area contributed by atoms with Crippen LogP contribution in [-0.2, 0) is 16.1 Å². The van der Waals surface area contributed by atoms with Crippen LogP contribution in [0, 0.1) is 13.8 Å². The van der Waals surface area contributed by atoms with Gasteiger partial charge in [-0.2, -0.15) is 5.10 Å². The summed E-state index contributed by atoms with van der Waals surface area (Å²) in [7, 11) is 1.46. The quantitative estimate of drug-likeness (QED) is 0.719. The fraction of sp³-hybridized carbons (Fsp3) is 0.312. The number of hydrogen-bond acceptors (Lipinski definition) is 6. The lowest BCUT2D eigenvalue weighted by atomic mass is 10.2. The number of carbonyl (C=O) groups excluding carboxylic acids is 1. The standard InChI is InChI=1S/C16H18N4O4/c1-9-13(10(2)24-20-9)7-23-11-4-5-14-12(6-11)16(19-18-14)17-15(21)8-22-3/h4-6H,7-8H2,1-3H3,(H2,17,18,19,21). The summed E-state index contributed by atoms with van der Waals surface area (Å²) in [5.74, 6) is 1.57. The Hall–Kier alpha value is -2.87. The zero-order valence-electron chi connectivity index (χ0n) is 13.7. The SMILES string of the molecule is COCC(=O)Nc1n[nH]c2ccc(OCc3c(C)noc3C)cc12. The summed E-state index contributed by atoms with van der Waals surface area (Å²) in [5.41, 5.74) is 2.53. The number of fused-ring (bicyclic) bond motifs is 1. The monoisotopic (exact) mass is 330 g/mol. The van der Waals surface area contributed by atoms with Gasteiger partial charge in [0.1, 0.15) is 24.7 Å². The van der Waals surface area contributed by atoms with Crippen molar-refractivity contribution in [2.45, 2.75) is 20.5 Å². The first-order valence-corrected chi connectivity index (χ1v) is 7.40. The molecular weight excluding hydrogens is 312 g/mol. The minimum atomic E-state index is -0.270. The maximum absolute atomic E-state index is 11.7. The molecule has 3 rings (SSSR count). The van der Waals surface area contributed by atoms with E-state index in [1.54, 1.807) is 0 Å². The van der Waals surface area contributed by atoms with Crippen LogP contribution < -0.4 is 10.1 Å². The number of hydrogen-bond donors (Lipinski definition) is 2. The molecule has 0 aliphatic carbocycles. The number of benzene rings is 1. The van der Waals surface area contributed by atoms with Crippen molar-refractivity contribution in [2.24, 2.45) is 0 Å². The van der Waals surface area contributed by atoms with Crippen LogP contribution in [0.2, 0.25) is 0 Å². The van der Waals surface area contributed by atoms with Gasteiger partial charge in [0.15, 0.2) is 5.82 Å². The van der Waals surface area contributed by atoms with Crippen molar-refractivity contribution in [3.8, 4) is 5.75 Å². The van der Waals surface area contributed by atoms with Crippen molar-refractivity contribution < 1.29 is 18.8 Å². The first kappa shape index (κ1) is 16.0. The highest BCUT2D eigenvalue weighted by Crippen LogP contribution is 2.26. The van der Waals surface area contributed by atoms with Crippen LogP contribution in [0.15, 0.2) is 22.7 Å². The van der Waals surface area contributed by atoms with E-state index in [4.69, 9.17) is 14.0 Å². The summed E-state index contributed by atoms with van der Waals surface area (Å²) in [4.78, 5) is 11.7. The van der Waals surface area contributed by atoms with E-state index >= 15 is 0 Å². The second kappa shape index (κ2) is 6.71. The molecule has 0 saturated heterocycles. The van der Waals surface area contributed by atoms with Crippen LogP contribution in [0.1, 0.15) is 17.0 Å². The molecule has 8 nitrogen and oxygen atoms in total. The molecule has 1 amide bonds. The van der Waals surface area contributed by atoms with Crippen LogP contribution >= 0.6 is 0 Å². The van der Waals surface area contributed by atoms with Crippen molar-refractivity contribution in [3.63, 3.8) is 0 Å². The van der Waals surface area contributed by atoms with E-state index in [1.807, 2.05) is 32.0 Å². The first-order valence-electron chi connectivity index (χ1n) is 7.40. The van der Waals surface area contributed by atoms with E-state index in [9.17, 15) is 4.79 Å². The zero-order valence-corrected chi connectivity index (χ0v) is 13.7. The second-order valence-electron chi connectivity index (χ2n) is 5.35. The molecule has 2 aromatic heterocycles. The fourth-order valence-corrected chi connectivity index (χ4v) is 2.34. The highest BCUT2D eigenvalue weighted by Gasteiger charge is 2.12. The zero-order chi connectivity index (χ0) is 17.1. The molecule has 0 aliphatic heterocycles. The van der Waals surface area contributed by atoms with Crippen molar-refractivity contribution in [3.05, 3.63) is 35.2 Å². The lowest BCUT2D eigenvalue weighted by Crippen LogP contribution is -2.17. The summed E-state index contributed by atoms with van der Waals surface area (Å²) in [6.45, 7) is 4.05. The van der Waals surface area contributed by atoms with Crippen LogP contribution in [-0.4, -0.2) is 35.0 Å². The molecule has 8 heteroatoms. The van der Waals surface area contributed by atoms with Crippen molar-refractivity contribution >= 4 is 22.6 Å². The van der Waals surface area contributed by atoms with Gasteiger partial charge in [-0.1, -0.05) is 5.16 Å². The number of amides is 1. The van der Waals surface area contributed by atoms with Crippen molar-refractivity contribution in [1.82, 2.24) is 15.4 Å². The molecule has 24 heavy (non-hydrogen) atoms. The number of nitrogens with one attached hydrogen (secondary N) is 2. The number of H-pyrrole nitrogens is 1. The van der Waals surface area contributed by atoms with Gasteiger partial charge in [-0.25, -0.2) is 0 Å². The molecule has 0 saturated carbocycles. The van der Waals surface area contributed by atoms with Crippen LogP contribution in [0.3, 0.4) is 0 Å². The van der Waals surface area contributed by atoms with Gasteiger partial charge in [-0.3, -0.25) is 9.89 Å². The fourth-order valence-electron chi connectivity index (χ4n) is 2.34. The summed E-state index contributed by atoms with van der Waals surface area (Å²) in [5, 5.41) is 14.3. The Labute approximate surface area is 138 Å². The minimum Gasteiger partial charge on any atom is -0.489 e. The molecule has 0 atom stereocenters. The number of aromatic amines is 1. The van der Waals surface area contributed by atoms with Gasteiger partial charge in [0.25, 0.3) is 5.91 Å². The number of aryl methyl sites for hydroxylation is 2.